The van der Waals surface area contributed by atoms with E-state index in [9.17, 15) is 4.79 Å². The number of guanidine groups is 1. The Morgan fingerprint density at radius 3 is 2.44 bits per heavy atom. The smallest absolute Gasteiger partial charge is 0.241 e. The summed E-state index contributed by atoms with van der Waals surface area (Å²) >= 11 is 0. The first-order valence-electron chi connectivity index (χ1n) is 9.26. The first kappa shape index (κ1) is 24.4. The molecule has 0 saturated carbocycles. The fraction of sp³-hybridized carbons (Fsp3) is 0.882. The van der Waals surface area contributed by atoms with Gasteiger partial charge in [0.2, 0.25) is 5.91 Å². The first-order chi connectivity index (χ1) is 11.8. The van der Waals surface area contributed by atoms with Crippen LogP contribution in [0.25, 0.3) is 0 Å². The number of halogens is 1. The lowest BCUT2D eigenvalue weighted by Gasteiger charge is -2.20. The van der Waals surface area contributed by atoms with Crippen LogP contribution in [0.1, 0.15) is 39.0 Å². The molecule has 7 nitrogen and oxygen atoms in total. The van der Waals surface area contributed by atoms with Crippen LogP contribution in [-0.4, -0.2) is 76.3 Å². The second-order valence-corrected chi connectivity index (χ2v) is 6.07. The van der Waals surface area contributed by atoms with Crippen molar-refractivity contribution in [2.24, 2.45) is 4.99 Å². The van der Waals surface area contributed by atoms with Gasteiger partial charge >= 0.3 is 0 Å². The molecule has 0 unspecified atom stereocenters. The summed E-state index contributed by atoms with van der Waals surface area (Å²) in [6.07, 6.45) is 6.49. The average molecular weight is 469 g/mol. The monoisotopic (exact) mass is 469 g/mol. The Morgan fingerprint density at radius 1 is 1.08 bits per heavy atom. The van der Waals surface area contributed by atoms with Crippen molar-refractivity contribution in [3.8, 4) is 0 Å². The summed E-state index contributed by atoms with van der Waals surface area (Å²) in [7, 11) is 1.61. The second kappa shape index (κ2) is 16.8. The lowest BCUT2D eigenvalue weighted by atomic mass is 10.2. The summed E-state index contributed by atoms with van der Waals surface area (Å²) in [5, 5.41) is 9.24. The first-order valence-corrected chi connectivity index (χ1v) is 9.26. The molecule has 0 spiro atoms. The van der Waals surface area contributed by atoms with E-state index >= 15 is 0 Å². The third kappa shape index (κ3) is 13.3. The van der Waals surface area contributed by atoms with Crippen LogP contribution in [0, 0.1) is 0 Å². The van der Waals surface area contributed by atoms with E-state index < -0.39 is 0 Å². The number of ether oxygens (including phenoxy) is 1. The third-order valence-electron chi connectivity index (χ3n) is 4.00. The number of likely N-dealkylation sites (tertiary alicyclic amines) is 1. The molecule has 0 aromatic carbocycles. The van der Waals surface area contributed by atoms with Crippen molar-refractivity contribution >= 4 is 35.8 Å². The van der Waals surface area contributed by atoms with Crippen molar-refractivity contribution in [3.63, 3.8) is 0 Å². The van der Waals surface area contributed by atoms with Crippen LogP contribution in [0.3, 0.4) is 0 Å². The van der Waals surface area contributed by atoms with E-state index in [1.165, 1.54) is 38.8 Å². The minimum Gasteiger partial charge on any atom is -0.383 e. The Balaban J connectivity index is 0.00000576. The van der Waals surface area contributed by atoms with Gasteiger partial charge in [0.1, 0.15) is 6.54 Å². The SMILES string of the molecule is CCNC(=NCC(=O)NCCOC)NCCCN1CCCCCC1.I. The van der Waals surface area contributed by atoms with Crippen LogP contribution in [0.4, 0.5) is 0 Å². The Kier molecular flexibility index (Phi) is 16.4. The largest absolute Gasteiger partial charge is 0.383 e. The molecule has 0 aromatic heterocycles. The molecule has 1 saturated heterocycles. The fourth-order valence-corrected chi connectivity index (χ4v) is 2.71. The van der Waals surface area contributed by atoms with Crippen molar-refractivity contribution in [2.75, 3.05) is 59.5 Å². The number of carbonyl (C=O) groups is 1. The summed E-state index contributed by atoms with van der Waals surface area (Å²) in [6, 6.07) is 0. The van der Waals surface area contributed by atoms with Gasteiger partial charge in [-0.3, -0.25) is 4.79 Å². The molecule has 1 rings (SSSR count). The number of carbonyl (C=O) groups excluding carboxylic acids is 1. The minimum atomic E-state index is -0.0891. The zero-order valence-corrected chi connectivity index (χ0v) is 18.1. The Labute approximate surface area is 169 Å². The molecule has 1 aliphatic heterocycles. The topological polar surface area (TPSA) is 78.0 Å². The van der Waals surface area contributed by atoms with Crippen LogP contribution in [-0.2, 0) is 9.53 Å². The van der Waals surface area contributed by atoms with Crippen molar-refractivity contribution in [1.29, 1.82) is 0 Å². The minimum absolute atomic E-state index is 0. The van der Waals surface area contributed by atoms with E-state index in [-0.39, 0.29) is 36.4 Å². The summed E-state index contributed by atoms with van der Waals surface area (Å²) in [6.45, 7) is 8.43. The molecule has 3 N–H and O–H groups in total. The maximum Gasteiger partial charge on any atom is 0.241 e. The van der Waals surface area contributed by atoms with Crippen molar-refractivity contribution in [2.45, 2.75) is 39.0 Å². The van der Waals surface area contributed by atoms with E-state index in [0.717, 1.165) is 26.1 Å². The standard InChI is InChI=1S/C17H35N5O2.HI/c1-3-18-17(21-15-16(23)19-10-14-24-2)20-9-8-13-22-11-6-4-5-7-12-22;/h3-15H2,1-2H3,(H,19,23)(H2,18,20,21);1H. The van der Waals surface area contributed by atoms with E-state index in [4.69, 9.17) is 4.74 Å². The zero-order valence-electron chi connectivity index (χ0n) is 15.8. The number of hydrogen-bond donors (Lipinski definition) is 3. The van der Waals surface area contributed by atoms with Crippen molar-refractivity contribution in [3.05, 3.63) is 0 Å². The van der Waals surface area contributed by atoms with Crippen molar-refractivity contribution in [1.82, 2.24) is 20.9 Å². The highest BCUT2D eigenvalue weighted by molar-refractivity contribution is 14.0. The van der Waals surface area contributed by atoms with Gasteiger partial charge in [0.25, 0.3) is 0 Å². The zero-order chi connectivity index (χ0) is 17.5. The van der Waals surface area contributed by atoms with Gasteiger partial charge in [-0.05, 0) is 45.8 Å². The van der Waals surface area contributed by atoms with E-state index in [2.05, 4.69) is 25.8 Å². The quantitative estimate of drug-likeness (QED) is 0.194. The highest BCUT2D eigenvalue weighted by Gasteiger charge is 2.08. The molecule has 0 aromatic rings. The van der Waals surface area contributed by atoms with Crippen LogP contribution in [0.5, 0.6) is 0 Å². The Hall–Kier alpha value is -0.610. The number of hydrogen-bond acceptors (Lipinski definition) is 4. The van der Waals surface area contributed by atoms with Gasteiger partial charge in [0.15, 0.2) is 5.96 Å². The van der Waals surface area contributed by atoms with Gasteiger partial charge in [0.05, 0.1) is 6.61 Å². The van der Waals surface area contributed by atoms with Crippen LogP contribution >= 0.6 is 24.0 Å². The predicted octanol–water partition coefficient (Wildman–Crippen LogP) is 1.19. The van der Waals surface area contributed by atoms with Gasteiger partial charge in [-0.25, -0.2) is 4.99 Å². The maximum atomic E-state index is 11.7. The number of methoxy groups -OCH3 is 1. The van der Waals surface area contributed by atoms with Crippen LogP contribution in [0.2, 0.25) is 0 Å². The van der Waals surface area contributed by atoms with Gasteiger partial charge in [-0.1, -0.05) is 12.8 Å². The van der Waals surface area contributed by atoms with Crippen molar-refractivity contribution < 1.29 is 9.53 Å². The molecule has 1 amide bonds. The summed E-state index contributed by atoms with van der Waals surface area (Å²) in [5.74, 6) is 0.615. The number of nitrogens with zero attached hydrogens (tertiary/aromatic N) is 2. The molecule has 1 fully saturated rings. The highest BCUT2D eigenvalue weighted by Crippen LogP contribution is 2.09. The summed E-state index contributed by atoms with van der Waals surface area (Å²) in [4.78, 5) is 18.5. The molecule has 1 aliphatic rings. The average Bonchev–Trinajstić information content (AvgIpc) is 2.85. The molecule has 0 bridgehead atoms. The molecule has 1 heterocycles. The van der Waals surface area contributed by atoms with Gasteiger partial charge in [-0.15, -0.1) is 24.0 Å². The van der Waals surface area contributed by atoms with Gasteiger partial charge in [0, 0.05) is 26.7 Å². The molecule has 0 atom stereocenters. The molecule has 0 radical (unpaired) electrons. The molecule has 8 heteroatoms. The summed E-state index contributed by atoms with van der Waals surface area (Å²) in [5.41, 5.74) is 0. The number of nitrogens with one attached hydrogen (secondary N) is 3. The Bertz CT molecular complexity index is 361. The normalized spacial score (nSPS) is 15.8. The molecular weight excluding hydrogens is 433 g/mol. The number of rotatable bonds is 10. The lowest BCUT2D eigenvalue weighted by molar-refractivity contribution is -0.119. The van der Waals surface area contributed by atoms with Crippen LogP contribution in [0.15, 0.2) is 4.99 Å². The van der Waals surface area contributed by atoms with E-state index in [0.29, 0.717) is 19.1 Å². The predicted molar refractivity (Wildman–Crippen MR) is 114 cm³/mol. The lowest BCUT2D eigenvalue weighted by Crippen LogP contribution is -2.40. The molecule has 25 heavy (non-hydrogen) atoms. The number of aliphatic imine (C=N–C) groups is 1. The molecular formula is C17H36IN5O2. The maximum absolute atomic E-state index is 11.7. The van der Waals surface area contributed by atoms with E-state index in [1.54, 1.807) is 7.11 Å². The summed E-state index contributed by atoms with van der Waals surface area (Å²) < 4.78 is 4.90. The highest BCUT2D eigenvalue weighted by atomic mass is 127. The third-order valence-corrected chi connectivity index (χ3v) is 4.00. The Morgan fingerprint density at radius 2 is 1.80 bits per heavy atom. The number of amides is 1. The fourth-order valence-electron chi connectivity index (χ4n) is 2.71. The van der Waals surface area contributed by atoms with E-state index in [1.807, 2.05) is 6.92 Å². The van der Waals surface area contributed by atoms with Crippen LogP contribution < -0.4 is 16.0 Å². The second-order valence-electron chi connectivity index (χ2n) is 6.07. The molecule has 148 valence electrons. The van der Waals surface area contributed by atoms with Gasteiger partial charge < -0.3 is 25.6 Å². The molecule has 0 aliphatic carbocycles. The van der Waals surface area contributed by atoms with Gasteiger partial charge in [-0.2, -0.15) is 0 Å².